The molecule has 0 amide bonds. The molecule has 0 aliphatic rings. The van der Waals surface area contributed by atoms with E-state index in [4.69, 9.17) is 10.00 Å². The van der Waals surface area contributed by atoms with Gasteiger partial charge >= 0.3 is 0 Å². The van der Waals surface area contributed by atoms with Gasteiger partial charge in [0, 0.05) is 24.2 Å². The molecule has 0 radical (unpaired) electrons. The number of aromatic nitrogens is 1. The number of aryl methyl sites for hydroxylation is 1. The molecule has 1 heterocycles. The number of hydrogen-bond donors (Lipinski definition) is 2. The van der Waals surface area contributed by atoms with Crippen molar-refractivity contribution < 1.29 is 9.84 Å². The zero-order valence-electron chi connectivity index (χ0n) is 11.7. The molecule has 0 saturated carbocycles. The zero-order chi connectivity index (χ0) is 15.1. The van der Waals surface area contributed by atoms with Crippen LogP contribution < -0.4 is 10.1 Å². The first kappa shape index (κ1) is 15.4. The van der Waals surface area contributed by atoms with Crippen molar-refractivity contribution in [1.82, 2.24) is 10.3 Å². The molecule has 2 N–H and O–H groups in total. The summed E-state index contributed by atoms with van der Waals surface area (Å²) in [5.74, 6) is 0.642. The normalized spacial score (nSPS) is 11.9. The first-order chi connectivity index (χ1) is 10.2. The van der Waals surface area contributed by atoms with Gasteiger partial charge in [-0.2, -0.15) is 5.26 Å². The molecule has 1 aromatic carbocycles. The van der Waals surface area contributed by atoms with E-state index in [0.29, 0.717) is 24.4 Å². The Morgan fingerprint density at radius 3 is 2.81 bits per heavy atom. The van der Waals surface area contributed by atoms with Crippen molar-refractivity contribution in [1.29, 1.82) is 5.26 Å². The second-order valence-electron chi connectivity index (χ2n) is 4.61. The summed E-state index contributed by atoms with van der Waals surface area (Å²) in [5.41, 5.74) is 1.60. The number of hydrogen-bond acceptors (Lipinski definition) is 6. The standard InChI is InChI=1S/C15H17N3O2S/c1-11-10-21-15(18-11)8-17-7-13(19)9-20-14-4-2-12(6-16)3-5-14/h2-5,10,13,17,19H,7-9H2,1H3. The quantitative estimate of drug-likeness (QED) is 0.816. The molecule has 0 bridgehead atoms. The van der Waals surface area contributed by atoms with E-state index in [1.165, 1.54) is 0 Å². The first-order valence-electron chi connectivity index (χ1n) is 6.60. The summed E-state index contributed by atoms with van der Waals surface area (Å²) in [6.45, 7) is 3.25. The van der Waals surface area contributed by atoms with Crippen LogP contribution in [0.5, 0.6) is 5.75 Å². The number of aliphatic hydroxyl groups excluding tert-OH is 1. The fourth-order valence-corrected chi connectivity index (χ4v) is 2.45. The molecule has 1 aromatic heterocycles. The Morgan fingerprint density at radius 2 is 2.19 bits per heavy atom. The third-order valence-electron chi connectivity index (χ3n) is 2.75. The Hall–Kier alpha value is -1.94. The highest BCUT2D eigenvalue weighted by Gasteiger charge is 2.06. The lowest BCUT2D eigenvalue weighted by molar-refractivity contribution is 0.106. The highest BCUT2D eigenvalue weighted by molar-refractivity contribution is 7.09. The van der Waals surface area contributed by atoms with E-state index in [1.807, 2.05) is 18.4 Å². The second kappa shape index (κ2) is 7.74. The van der Waals surface area contributed by atoms with Crippen LogP contribution in [0.2, 0.25) is 0 Å². The molecule has 0 spiro atoms. The molecular weight excluding hydrogens is 286 g/mol. The minimum Gasteiger partial charge on any atom is -0.491 e. The highest BCUT2D eigenvalue weighted by Crippen LogP contribution is 2.12. The predicted octanol–water partition coefficient (Wildman–Crippen LogP) is 1.85. The number of benzene rings is 1. The molecule has 0 fully saturated rings. The van der Waals surface area contributed by atoms with Crippen molar-refractivity contribution in [3.05, 3.63) is 45.9 Å². The Balaban J connectivity index is 1.67. The van der Waals surface area contributed by atoms with Gasteiger partial charge in [0.1, 0.15) is 23.5 Å². The van der Waals surface area contributed by atoms with Gasteiger partial charge in [-0.25, -0.2) is 4.98 Å². The maximum Gasteiger partial charge on any atom is 0.119 e. The van der Waals surface area contributed by atoms with Gasteiger partial charge in [-0.1, -0.05) is 0 Å². The summed E-state index contributed by atoms with van der Waals surface area (Å²) >= 11 is 1.60. The molecule has 0 saturated heterocycles. The van der Waals surface area contributed by atoms with E-state index < -0.39 is 6.10 Å². The van der Waals surface area contributed by atoms with E-state index in [-0.39, 0.29) is 6.61 Å². The summed E-state index contributed by atoms with van der Waals surface area (Å²) in [4.78, 5) is 4.33. The lowest BCUT2D eigenvalue weighted by Crippen LogP contribution is -2.31. The maximum absolute atomic E-state index is 9.84. The van der Waals surface area contributed by atoms with Gasteiger partial charge in [-0.3, -0.25) is 0 Å². The van der Waals surface area contributed by atoms with Gasteiger partial charge in [0.15, 0.2) is 0 Å². The molecule has 1 unspecified atom stereocenters. The van der Waals surface area contributed by atoms with Crippen LogP contribution in [0.4, 0.5) is 0 Å². The van der Waals surface area contributed by atoms with E-state index >= 15 is 0 Å². The van der Waals surface area contributed by atoms with Gasteiger partial charge in [-0.05, 0) is 31.2 Å². The second-order valence-corrected chi connectivity index (χ2v) is 5.56. The van der Waals surface area contributed by atoms with E-state index in [1.54, 1.807) is 35.6 Å². The average Bonchev–Trinajstić information content (AvgIpc) is 2.91. The molecule has 5 nitrogen and oxygen atoms in total. The largest absolute Gasteiger partial charge is 0.491 e. The molecule has 6 heteroatoms. The van der Waals surface area contributed by atoms with Crippen LogP contribution >= 0.6 is 11.3 Å². The van der Waals surface area contributed by atoms with E-state index in [2.05, 4.69) is 10.3 Å². The number of nitrogens with one attached hydrogen (secondary N) is 1. The van der Waals surface area contributed by atoms with E-state index in [0.717, 1.165) is 10.7 Å². The average molecular weight is 303 g/mol. The number of aliphatic hydroxyl groups is 1. The summed E-state index contributed by atoms with van der Waals surface area (Å²) in [7, 11) is 0. The van der Waals surface area contributed by atoms with Crippen molar-refractivity contribution in [2.75, 3.05) is 13.2 Å². The fourth-order valence-electron chi connectivity index (χ4n) is 1.71. The molecule has 0 aliphatic heterocycles. The van der Waals surface area contributed by atoms with Crippen LogP contribution in [0, 0.1) is 18.3 Å². The van der Waals surface area contributed by atoms with Gasteiger partial charge in [-0.15, -0.1) is 11.3 Å². The zero-order valence-corrected chi connectivity index (χ0v) is 12.6. The van der Waals surface area contributed by atoms with Gasteiger partial charge in [0.2, 0.25) is 0 Å². The van der Waals surface area contributed by atoms with Crippen molar-refractivity contribution in [3.63, 3.8) is 0 Å². The first-order valence-corrected chi connectivity index (χ1v) is 7.48. The third kappa shape index (κ3) is 5.16. The molecule has 0 aliphatic carbocycles. The van der Waals surface area contributed by atoms with Crippen LogP contribution in [-0.2, 0) is 6.54 Å². The Bertz CT molecular complexity index is 604. The maximum atomic E-state index is 9.84. The Morgan fingerprint density at radius 1 is 1.43 bits per heavy atom. The smallest absolute Gasteiger partial charge is 0.119 e. The van der Waals surface area contributed by atoms with Crippen LogP contribution in [0.1, 0.15) is 16.3 Å². The minimum atomic E-state index is -0.596. The lowest BCUT2D eigenvalue weighted by atomic mass is 10.2. The number of thiazole rings is 1. The van der Waals surface area contributed by atoms with Crippen LogP contribution in [-0.4, -0.2) is 29.3 Å². The molecule has 21 heavy (non-hydrogen) atoms. The predicted molar refractivity (Wildman–Crippen MR) is 81.2 cm³/mol. The number of ether oxygens (including phenoxy) is 1. The van der Waals surface area contributed by atoms with Crippen LogP contribution in [0.15, 0.2) is 29.6 Å². The highest BCUT2D eigenvalue weighted by atomic mass is 32.1. The van der Waals surface area contributed by atoms with Crippen molar-refractivity contribution >= 4 is 11.3 Å². The minimum absolute atomic E-state index is 0.204. The molecule has 1 atom stereocenters. The molecule has 110 valence electrons. The number of nitriles is 1. The third-order valence-corrected chi connectivity index (χ3v) is 3.72. The van der Waals surface area contributed by atoms with Gasteiger partial charge < -0.3 is 15.2 Å². The summed E-state index contributed by atoms with van der Waals surface area (Å²) in [6, 6.07) is 8.85. The molecule has 2 aromatic rings. The van der Waals surface area contributed by atoms with Crippen LogP contribution in [0.3, 0.4) is 0 Å². The molecular formula is C15H17N3O2S. The summed E-state index contributed by atoms with van der Waals surface area (Å²) in [6.07, 6.45) is -0.596. The lowest BCUT2D eigenvalue weighted by Gasteiger charge is -2.12. The van der Waals surface area contributed by atoms with Gasteiger partial charge in [0.05, 0.1) is 11.6 Å². The van der Waals surface area contributed by atoms with Crippen molar-refractivity contribution in [2.45, 2.75) is 19.6 Å². The summed E-state index contributed by atoms with van der Waals surface area (Å²) in [5, 5.41) is 24.7. The number of rotatable bonds is 7. The molecule has 2 rings (SSSR count). The van der Waals surface area contributed by atoms with Crippen molar-refractivity contribution in [2.24, 2.45) is 0 Å². The Kier molecular flexibility index (Phi) is 5.69. The number of nitrogens with zero attached hydrogens (tertiary/aromatic N) is 2. The SMILES string of the molecule is Cc1csc(CNCC(O)COc2ccc(C#N)cc2)n1. The van der Waals surface area contributed by atoms with Gasteiger partial charge in [0.25, 0.3) is 0 Å². The van der Waals surface area contributed by atoms with Crippen LogP contribution in [0.25, 0.3) is 0 Å². The monoisotopic (exact) mass is 303 g/mol. The Labute approximate surface area is 127 Å². The van der Waals surface area contributed by atoms with E-state index in [9.17, 15) is 5.11 Å². The fraction of sp³-hybridized carbons (Fsp3) is 0.333. The summed E-state index contributed by atoms with van der Waals surface area (Å²) < 4.78 is 5.46. The van der Waals surface area contributed by atoms with Crippen molar-refractivity contribution in [3.8, 4) is 11.8 Å². The topological polar surface area (TPSA) is 78.2 Å².